The van der Waals surface area contributed by atoms with Crippen LogP contribution in [0.3, 0.4) is 0 Å². The summed E-state index contributed by atoms with van der Waals surface area (Å²) in [6.07, 6.45) is -12.1. The summed E-state index contributed by atoms with van der Waals surface area (Å²) in [6, 6.07) is 0. The van der Waals surface area contributed by atoms with Crippen LogP contribution in [0, 0.1) is 44.3 Å². The van der Waals surface area contributed by atoms with Crippen molar-refractivity contribution in [2.75, 3.05) is 26.4 Å². The third kappa shape index (κ3) is 7.45. The Bertz CT molecular complexity index is 1760. The molecule has 2 unspecified atom stereocenters. The van der Waals surface area contributed by atoms with Gasteiger partial charge in [-0.3, -0.25) is 0 Å². The Morgan fingerprint density at radius 3 is 2.03 bits per heavy atom. The topological polar surface area (TPSA) is 278 Å². The van der Waals surface area contributed by atoms with E-state index in [2.05, 4.69) is 46.8 Å². The highest BCUT2D eigenvalue weighted by Crippen LogP contribution is 2.74. The third-order valence-electron chi connectivity index (χ3n) is 18.6. The fourth-order valence-electron chi connectivity index (χ4n) is 14.3. The van der Waals surface area contributed by atoms with Crippen molar-refractivity contribution in [1.29, 1.82) is 0 Å². The molecule has 6 fully saturated rings. The molecule has 17 nitrogen and oxygen atoms in total. The second-order valence-electron chi connectivity index (χ2n) is 22.6. The predicted molar refractivity (Wildman–Crippen MR) is 225 cm³/mol. The molecule has 3 saturated carbocycles. The fourth-order valence-corrected chi connectivity index (χ4v) is 14.3. The number of allylic oxidation sites excluding steroid dienone is 3. The molecule has 0 bridgehead atoms. The smallest absolute Gasteiger partial charge is 0.187 e. The van der Waals surface area contributed by atoms with Crippen LogP contribution in [0.1, 0.15) is 99.8 Å². The summed E-state index contributed by atoms with van der Waals surface area (Å²) in [5.41, 5.74) is 0.229. The van der Waals surface area contributed by atoms with Gasteiger partial charge in [-0.15, -0.1) is 0 Å². The molecule has 3 saturated heterocycles. The first-order valence-electron chi connectivity index (χ1n) is 23.6. The molecule has 0 spiro atoms. The lowest BCUT2D eigenvalue weighted by Gasteiger charge is -2.70. The van der Waals surface area contributed by atoms with Crippen molar-refractivity contribution in [1.82, 2.24) is 0 Å². The van der Waals surface area contributed by atoms with Gasteiger partial charge in [0.15, 0.2) is 18.9 Å². The van der Waals surface area contributed by atoms with Gasteiger partial charge in [-0.2, -0.15) is 0 Å². The molecule has 366 valence electrons. The molecule has 3 aliphatic heterocycles. The normalized spacial score (nSPS) is 55.0. The number of aliphatic hydroxyl groups is 11. The van der Waals surface area contributed by atoms with Crippen LogP contribution in [-0.2, 0) is 28.4 Å². The highest BCUT2D eigenvalue weighted by Gasteiger charge is 2.69. The van der Waals surface area contributed by atoms with E-state index in [1.54, 1.807) is 6.92 Å². The van der Waals surface area contributed by atoms with Crippen molar-refractivity contribution < 1.29 is 84.6 Å². The van der Waals surface area contributed by atoms with Crippen LogP contribution in [0.15, 0.2) is 23.3 Å². The monoisotopic (exact) mass is 913 g/mol. The summed E-state index contributed by atoms with van der Waals surface area (Å²) in [4.78, 5) is 0. The zero-order chi connectivity index (χ0) is 46.7. The summed E-state index contributed by atoms with van der Waals surface area (Å²) in [5, 5.41) is 120. The lowest BCUT2D eigenvalue weighted by atomic mass is 9.35. The van der Waals surface area contributed by atoms with Crippen molar-refractivity contribution >= 4 is 0 Å². The van der Waals surface area contributed by atoms with Gasteiger partial charge in [0.05, 0.1) is 44.7 Å². The largest absolute Gasteiger partial charge is 0.396 e. The SMILES string of the molecule is C[C@H]1O[C@@H](O[C@H]2CC[C@@]3(C)C(CC[C@]4(C)C3C=CC3=C5CC(C)(C)CC[C@]5(CO)[C@@H](O)C[C@]34C)[C@]2(C)CO)[C@H](O)[C@@H](O[C@@H]2O[C@H](CO)[C@@H](O[C@@H]3OC[C@@H](O)[C@H](O)[C@H]3O)[C@H](O)[C@H]2O)[C@H]1O. The molecule has 17 heteroatoms. The van der Waals surface area contributed by atoms with Gasteiger partial charge in [0.1, 0.15) is 61.0 Å². The maximum atomic E-state index is 12.0. The van der Waals surface area contributed by atoms with Crippen molar-refractivity contribution in [3.8, 4) is 0 Å². The summed E-state index contributed by atoms with van der Waals surface area (Å²) in [7, 11) is 0. The van der Waals surface area contributed by atoms with E-state index < -0.39 is 122 Å². The van der Waals surface area contributed by atoms with Gasteiger partial charge in [-0.1, -0.05) is 59.3 Å². The molecule has 8 aliphatic rings. The number of hydrogen-bond acceptors (Lipinski definition) is 17. The molecule has 0 aromatic carbocycles. The number of aliphatic hydroxyl groups excluding tert-OH is 11. The van der Waals surface area contributed by atoms with Gasteiger partial charge < -0.3 is 84.6 Å². The van der Waals surface area contributed by atoms with Gasteiger partial charge in [-0.25, -0.2) is 0 Å². The van der Waals surface area contributed by atoms with E-state index in [0.717, 1.165) is 38.5 Å². The van der Waals surface area contributed by atoms with E-state index >= 15 is 0 Å². The minimum Gasteiger partial charge on any atom is -0.396 e. The highest BCUT2D eigenvalue weighted by atomic mass is 16.8. The molecule has 0 aromatic rings. The standard InChI is InChI=1S/C47H76O17/c1-22-31(53)38(64-40-35(57)33(55)37(26(18-48)61-40)63-39-34(56)32(54)25(51)19-59-39)36(58)41(60-22)62-30-11-12-43(4)27(44(30,5)20-49)10-13-45(6)28(43)9-8-23-24-16-42(2,3)14-15-47(24,21-50)29(52)17-46(23,45)7/h8-9,22,25-41,48-58H,10-21H2,1-7H3/t22-,25-,26-,27?,28?,29+,30+,31+,32+,33-,34-,35-,36-,37-,38+,39+,40+,41+,43+,44+,45-,46-,47-/m1/s1. The summed E-state index contributed by atoms with van der Waals surface area (Å²) >= 11 is 0. The van der Waals surface area contributed by atoms with E-state index in [9.17, 15) is 56.2 Å². The zero-order valence-corrected chi connectivity index (χ0v) is 38.4. The first-order valence-corrected chi connectivity index (χ1v) is 23.6. The molecule has 11 N–H and O–H groups in total. The van der Waals surface area contributed by atoms with Crippen LogP contribution in [0.25, 0.3) is 0 Å². The molecule has 23 atom stereocenters. The lowest BCUT2D eigenvalue weighted by molar-refractivity contribution is -0.379. The van der Waals surface area contributed by atoms with Crippen molar-refractivity contribution in [3.63, 3.8) is 0 Å². The van der Waals surface area contributed by atoms with E-state index in [-0.39, 0.29) is 46.7 Å². The van der Waals surface area contributed by atoms with Crippen molar-refractivity contribution in [3.05, 3.63) is 23.3 Å². The molecule has 0 aromatic heterocycles. The Balaban J connectivity index is 0.997. The number of fused-ring (bicyclic) bond motifs is 6. The molecular formula is C47H76O17. The lowest BCUT2D eigenvalue weighted by Crippen LogP contribution is -2.67. The van der Waals surface area contributed by atoms with E-state index in [1.165, 1.54) is 11.1 Å². The van der Waals surface area contributed by atoms with Gasteiger partial charge in [-0.05, 0) is 91.9 Å². The second kappa shape index (κ2) is 17.3. The first-order chi connectivity index (χ1) is 30.0. The van der Waals surface area contributed by atoms with E-state index in [1.807, 2.05) is 6.92 Å². The minimum absolute atomic E-state index is 0.0231. The molecule has 8 rings (SSSR count). The van der Waals surface area contributed by atoms with Gasteiger partial charge in [0.2, 0.25) is 0 Å². The van der Waals surface area contributed by atoms with Gasteiger partial charge in [0, 0.05) is 16.2 Å². The van der Waals surface area contributed by atoms with Gasteiger partial charge >= 0.3 is 0 Å². The van der Waals surface area contributed by atoms with Crippen LogP contribution in [0.5, 0.6) is 0 Å². The van der Waals surface area contributed by atoms with Crippen molar-refractivity contribution in [2.24, 2.45) is 44.3 Å². The Kier molecular flexibility index (Phi) is 13.3. The molecular weight excluding hydrogens is 837 g/mol. The minimum atomic E-state index is -1.86. The average Bonchev–Trinajstić information content (AvgIpc) is 3.24. The maximum absolute atomic E-state index is 12.0. The van der Waals surface area contributed by atoms with Crippen LogP contribution in [0.2, 0.25) is 0 Å². The second-order valence-corrected chi connectivity index (χ2v) is 22.6. The van der Waals surface area contributed by atoms with Crippen LogP contribution < -0.4 is 0 Å². The molecule has 64 heavy (non-hydrogen) atoms. The van der Waals surface area contributed by atoms with Crippen LogP contribution in [-0.4, -0.2) is 181 Å². The zero-order valence-electron chi connectivity index (χ0n) is 38.4. The number of rotatable bonds is 9. The number of ether oxygens (including phenoxy) is 6. The van der Waals surface area contributed by atoms with Crippen molar-refractivity contribution in [2.45, 2.75) is 198 Å². The maximum Gasteiger partial charge on any atom is 0.187 e. The van der Waals surface area contributed by atoms with Crippen LogP contribution in [0.4, 0.5) is 0 Å². The Labute approximate surface area is 376 Å². The molecule has 0 radical (unpaired) electrons. The van der Waals surface area contributed by atoms with Crippen LogP contribution >= 0.6 is 0 Å². The Morgan fingerprint density at radius 1 is 0.688 bits per heavy atom. The Morgan fingerprint density at radius 2 is 1.36 bits per heavy atom. The summed E-state index contributed by atoms with van der Waals surface area (Å²) < 4.78 is 35.5. The van der Waals surface area contributed by atoms with Gasteiger partial charge in [0.25, 0.3) is 0 Å². The molecule has 3 heterocycles. The van der Waals surface area contributed by atoms with E-state index in [4.69, 9.17) is 28.4 Å². The molecule has 0 amide bonds. The fraction of sp³-hybridized carbons (Fsp3) is 0.915. The Hall–Kier alpha value is -1.20. The molecule has 5 aliphatic carbocycles. The third-order valence-corrected chi connectivity index (χ3v) is 18.6. The summed E-state index contributed by atoms with van der Waals surface area (Å²) in [5.74, 6) is 0.0737. The quantitative estimate of drug-likeness (QED) is 0.137. The highest BCUT2D eigenvalue weighted by molar-refractivity contribution is 5.47. The van der Waals surface area contributed by atoms with E-state index in [0.29, 0.717) is 12.8 Å². The predicted octanol–water partition coefficient (Wildman–Crippen LogP) is 0.144. The number of hydrogen-bond donors (Lipinski definition) is 11. The average molecular weight is 913 g/mol. The first kappa shape index (κ1) is 49.2. The summed E-state index contributed by atoms with van der Waals surface area (Å²) in [6.45, 7) is 13.7.